The number of para-hydroxylation sites is 1. The monoisotopic (exact) mass is 453 g/mol. The highest BCUT2D eigenvalue weighted by molar-refractivity contribution is 6.21. The van der Waals surface area contributed by atoms with Crippen LogP contribution in [0, 0.1) is 0 Å². The van der Waals surface area contributed by atoms with Crippen molar-refractivity contribution in [2.75, 3.05) is 11.9 Å². The van der Waals surface area contributed by atoms with Crippen LogP contribution in [0.1, 0.15) is 33.6 Å². The topological polar surface area (TPSA) is 110 Å². The van der Waals surface area contributed by atoms with Crippen LogP contribution in [0.25, 0.3) is 22.4 Å². The number of rotatable bonds is 6. The minimum atomic E-state index is -0.462. The third-order valence-corrected chi connectivity index (χ3v) is 5.61. The number of hydrogen-bond donors (Lipinski definition) is 1. The van der Waals surface area contributed by atoms with Crippen molar-refractivity contribution in [1.82, 2.24) is 9.88 Å². The normalized spacial score (nSPS) is 12.8. The van der Waals surface area contributed by atoms with Gasteiger partial charge in [-0.15, -0.1) is 0 Å². The Balaban J connectivity index is 1.18. The van der Waals surface area contributed by atoms with Crippen molar-refractivity contribution < 1.29 is 18.8 Å². The number of carbonyl (C=O) groups is 3. The summed E-state index contributed by atoms with van der Waals surface area (Å²) >= 11 is 0. The highest BCUT2D eigenvalue weighted by Crippen LogP contribution is 2.23. The SMILES string of the molecule is O=C(CCCN1C(=O)c2ccccc2C1=O)Nc1ccc(-c2nc3ccccc3c(=O)o2)cc1. The molecule has 34 heavy (non-hydrogen) atoms. The molecule has 0 saturated carbocycles. The molecular weight excluding hydrogens is 434 g/mol. The molecule has 3 amide bonds. The molecule has 168 valence electrons. The van der Waals surface area contributed by atoms with Crippen LogP contribution in [0.2, 0.25) is 0 Å². The number of amides is 3. The molecule has 0 bridgehead atoms. The summed E-state index contributed by atoms with van der Waals surface area (Å²) in [5.41, 5.74) is 2.05. The number of anilines is 1. The first kappa shape index (κ1) is 21.3. The molecular formula is C26H19N3O5. The molecule has 0 aliphatic carbocycles. The van der Waals surface area contributed by atoms with E-state index in [0.717, 1.165) is 0 Å². The Morgan fingerprint density at radius 2 is 1.50 bits per heavy atom. The summed E-state index contributed by atoms with van der Waals surface area (Å²) < 4.78 is 5.33. The number of carbonyl (C=O) groups excluding carboxylic acids is 3. The van der Waals surface area contributed by atoms with Crippen LogP contribution in [-0.2, 0) is 4.79 Å². The molecule has 0 radical (unpaired) electrons. The smallest absolute Gasteiger partial charge is 0.347 e. The van der Waals surface area contributed by atoms with Crippen LogP contribution in [0.4, 0.5) is 5.69 Å². The largest absolute Gasteiger partial charge is 0.403 e. The van der Waals surface area contributed by atoms with E-state index in [2.05, 4.69) is 10.3 Å². The van der Waals surface area contributed by atoms with Gasteiger partial charge in [0, 0.05) is 24.2 Å². The number of nitrogens with one attached hydrogen (secondary N) is 1. The Labute approximate surface area is 193 Å². The van der Waals surface area contributed by atoms with E-state index in [9.17, 15) is 19.2 Å². The number of benzene rings is 3. The molecule has 0 atom stereocenters. The van der Waals surface area contributed by atoms with E-state index in [-0.39, 0.29) is 36.6 Å². The molecule has 0 fully saturated rings. The molecule has 4 aromatic rings. The highest BCUT2D eigenvalue weighted by Gasteiger charge is 2.34. The Hall–Kier alpha value is -4.59. The van der Waals surface area contributed by atoms with Crippen LogP contribution >= 0.6 is 0 Å². The Morgan fingerprint density at radius 3 is 2.21 bits per heavy atom. The van der Waals surface area contributed by atoms with Crippen molar-refractivity contribution >= 4 is 34.3 Å². The maximum Gasteiger partial charge on any atom is 0.347 e. The zero-order valence-corrected chi connectivity index (χ0v) is 18.0. The molecule has 1 N–H and O–H groups in total. The molecule has 3 aromatic carbocycles. The lowest BCUT2D eigenvalue weighted by molar-refractivity contribution is -0.116. The number of aromatic nitrogens is 1. The molecule has 0 spiro atoms. The fourth-order valence-electron chi connectivity index (χ4n) is 3.90. The van der Waals surface area contributed by atoms with Gasteiger partial charge in [-0.1, -0.05) is 24.3 Å². The minimum Gasteiger partial charge on any atom is -0.403 e. The first-order valence-corrected chi connectivity index (χ1v) is 10.8. The van der Waals surface area contributed by atoms with E-state index in [0.29, 0.717) is 39.7 Å². The maximum absolute atomic E-state index is 12.4. The Morgan fingerprint density at radius 1 is 0.853 bits per heavy atom. The van der Waals surface area contributed by atoms with Crippen LogP contribution in [0.5, 0.6) is 0 Å². The zero-order valence-electron chi connectivity index (χ0n) is 18.0. The summed E-state index contributed by atoms with van der Waals surface area (Å²) in [6, 6.07) is 20.4. The number of imide groups is 1. The van der Waals surface area contributed by atoms with Gasteiger partial charge in [-0.2, -0.15) is 0 Å². The van der Waals surface area contributed by atoms with Crippen LogP contribution in [-0.4, -0.2) is 34.2 Å². The molecule has 8 nitrogen and oxygen atoms in total. The predicted molar refractivity (Wildman–Crippen MR) is 125 cm³/mol. The van der Waals surface area contributed by atoms with Crippen molar-refractivity contribution in [3.63, 3.8) is 0 Å². The van der Waals surface area contributed by atoms with Gasteiger partial charge in [0.2, 0.25) is 11.8 Å². The molecule has 1 aromatic heterocycles. The summed E-state index contributed by atoms with van der Waals surface area (Å²) in [5, 5.41) is 3.20. The summed E-state index contributed by atoms with van der Waals surface area (Å²) in [4.78, 5) is 54.9. The molecule has 5 rings (SSSR count). The van der Waals surface area contributed by atoms with Gasteiger partial charge in [0.05, 0.1) is 22.0 Å². The van der Waals surface area contributed by atoms with Crippen molar-refractivity contribution in [2.24, 2.45) is 0 Å². The van der Waals surface area contributed by atoms with Crippen molar-refractivity contribution in [3.8, 4) is 11.5 Å². The molecule has 2 heterocycles. The van der Waals surface area contributed by atoms with Crippen LogP contribution < -0.4 is 10.9 Å². The molecule has 0 unspecified atom stereocenters. The fourth-order valence-corrected chi connectivity index (χ4v) is 3.90. The maximum atomic E-state index is 12.4. The van der Waals surface area contributed by atoms with E-state index in [1.807, 2.05) is 0 Å². The fraction of sp³-hybridized carbons (Fsp3) is 0.115. The van der Waals surface area contributed by atoms with Crippen molar-refractivity contribution in [1.29, 1.82) is 0 Å². The predicted octanol–water partition coefficient (Wildman–Crippen LogP) is 3.87. The van der Waals surface area contributed by atoms with Gasteiger partial charge < -0.3 is 9.73 Å². The second-order valence-electron chi connectivity index (χ2n) is 7.86. The Kier molecular flexibility index (Phi) is 5.47. The van der Waals surface area contributed by atoms with Gasteiger partial charge in [0.25, 0.3) is 11.8 Å². The van der Waals surface area contributed by atoms with E-state index in [1.54, 1.807) is 72.8 Å². The minimum absolute atomic E-state index is 0.149. The third kappa shape index (κ3) is 3.97. The number of hydrogen-bond acceptors (Lipinski definition) is 6. The first-order valence-electron chi connectivity index (χ1n) is 10.8. The number of fused-ring (bicyclic) bond motifs is 2. The van der Waals surface area contributed by atoms with Gasteiger partial charge in [0.15, 0.2) is 0 Å². The molecule has 1 aliphatic rings. The second kappa shape index (κ2) is 8.74. The third-order valence-electron chi connectivity index (χ3n) is 5.61. The van der Waals surface area contributed by atoms with E-state index in [1.165, 1.54) is 4.90 Å². The average Bonchev–Trinajstić information content (AvgIpc) is 3.09. The van der Waals surface area contributed by atoms with Crippen LogP contribution in [0.15, 0.2) is 82.0 Å². The van der Waals surface area contributed by atoms with Gasteiger partial charge >= 0.3 is 5.63 Å². The lowest BCUT2D eigenvalue weighted by Gasteiger charge is -2.13. The quantitative estimate of drug-likeness (QED) is 0.444. The summed E-state index contributed by atoms with van der Waals surface area (Å²) in [5.74, 6) is -0.696. The molecule has 1 aliphatic heterocycles. The number of nitrogens with zero attached hydrogens (tertiary/aromatic N) is 2. The molecule has 8 heteroatoms. The Bertz CT molecular complexity index is 1460. The van der Waals surface area contributed by atoms with E-state index < -0.39 is 5.63 Å². The van der Waals surface area contributed by atoms with Gasteiger partial charge in [-0.05, 0) is 55.0 Å². The van der Waals surface area contributed by atoms with Crippen LogP contribution in [0.3, 0.4) is 0 Å². The van der Waals surface area contributed by atoms with Gasteiger partial charge in [-0.25, -0.2) is 9.78 Å². The standard InChI is InChI=1S/C26H19N3O5/c30-22(10-5-15-29-24(31)18-6-1-2-7-19(18)25(29)32)27-17-13-11-16(12-14-17)23-28-21-9-4-3-8-20(21)26(33)34-23/h1-4,6-9,11-14H,5,10,15H2,(H,27,30). The zero-order chi connectivity index (χ0) is 23.7. The highest BCUT2D eigenvalue weighted by atomic mass is 16.4. The lowest BCUT2D eigenvalue weighted by atomic mass is 10.1. The van der Waals surface area contributed by atoms with Crippen molar-refractivity contribution in [2.45, 2.75) is 12.8 Å². The van der Waals surface area contributed by atoms with E-state index >= 15 is 0 Å². The first-order chi connectivity index (χ1) is 16.5. The van der Waals surface area contributed by atoms with Crippen molar-refractivity contribution in [3.05, 3.63) is 94.3 Å². The lowest BCUT2D eigenvalue weighted by Crippen LogP contribution is -2.31. The second-order valence-corrected chi connectivity index (χ2v) is 7.86. The van der Waals surface area contributed by atoms with E-state index in [4.69, 9.17) is 4.42 Å². The summed E-state index contributed by atoms with van der Waals surface area (Å²) in [7, 11) is 0. The average molecular weight is 453 g/mol. The van der Waals surface area contributed by atoms with Gasteiger partial charge in [-0.3, -0.25) is 19.3 Å². The molecule has 0 saturated heterocycles. The summed E-state index contributed by atoms with van der Waals surface area (Å²) in [6.07, 6.45) is 0.498. The van der Waals surface area contributed by atoms with Gasteiger partial charge in [0.1, 0.15) is 0 Å². The summed E-state index contributed by atoms with van der Waals surface area (Å²) in [6.45, 7) is 0.172.